The van der Waals surface area contributed by atoms with Crippen molar-refractivity contribution >= 4 is 5.90 Å². The average Bonchev–Trinajstić information content (AvgIpc) is 1.82. The predicted molar refractivity (Wildman–Crippen MR) is 43.3 cm³/mol. The molecule has 0 aliphatic heterocycles. The van der Waals surface area contributed by atoms with Gasteiger partial charge < -0.3 is 4.74 Å². The van der Waals surface area contributed by atoms with Gasteiger partial charge in [-0.15, -0.1) is 0 Å². The highest BCUT2D eigenvalue weighted by atomic mass is 16.5. The van der Waals surface area contributed by atoms with Crippen molar-refractivity contribution in [3.05, 3.63) is 12.2 Å². The van der Waals surface area contributed by atoms with E-state index < -0.39 is 0 Å². The molecule has 0 spiro atoms. The van der Waals surface area contributed by atoms with Gasteiger partial charge in [0.15, 0.2) is 0 Å². The average molecular weight is 141 g/mol. The van der Waals surface area contributed by atoms with Crippen LogP contribution in [0.5, 0.6) is 0 Å². The first-order valence-corrected chi connectivity index (χ1v) is 3.41. The topological polar surface area (TPSA) is 33.1 Å². The van der Waals surface area contributed by atoms with Gasteiger partial charge in [-0.25, -0.2) is 0 Å². The molecule has 0 amide bonds. The van der Waals surface area contributed by atoms with Crippen LogP contribution in [0.2, 0.25) is 0 Å². The van der Waals surface area contributed by atoms with Gasteiger partial charge in [0.25, 0.3) is 0 Å². The third-order valence-corrected chi connectivity index (χ3v) is 0.949. The van der Waals surface area contributed by atoms with Crippen molar-refractivity contribution < 1.29 is 4.74 Å². The van der Waals surface area contributed by atoms with Crippen LogP contribution in [-0.4, -0.2) is 12.5 Å². The maximum absolute atomic E-state index is 7.21. The number of rotatable bonds is 3. The number of hydrogen-bond acceptors (Lipinski definition) is 2. The highest BCUT2D eigenvalue weighted by Gasteiger charge is 1.99. The molecule has 2 nitrogen and oxygen atoms in total. The fraction of sp³-hybridized carbons (Fsp3) is 0.625. The molecule has 0 aromatic rings. The van der Waals surface area contributed by atoms with Gasteiger partial charge in [0.1, 0.15) is 0 Å². The lowest BCUT2D eigenvalue weighted by Crippen LogP contribution is -2.09. The van der Waals surface area contributed by atoms with E-state index in [-0.39, 0.29) is 5.90 Å². The van der Waals surface area contributed by atoms with Crippen LogP contribution in [0.15, 0.2) is 12.2 Å². The Labute approximate surface area is 62.4 Å². The van der Waals surface area contributed by atoms with Gasteiger partial charge in [0.2, 0.25) is 5.90 Å². The van der Waals surface area contributed by atoms with Gasteiger partial charge in [-0.05, 0) is 12.8 Å². The Hall–Kier alpha value is -0.790. The van der Waals surface area contributed by atoms with Gasteiger partial charge in [-0.1, -0.05) is 20.4 Å². The van der Waals surface area contributed by atoms with Crippen molar-refractivity contribution in [2.75, 3.05) is 6.61 Å². The summed E-state index contributed by atoms with van der Waals surface area (Å²) in [6.07, 6.45) is 0. The summed E-state index contributed by atoms with van der Waals surface area (Å²) in [5.41, 5.74) is 0.681. The highest BCUT2D eigenvalue weighted by molar-refractivity contribution is 5.89. The first kappa shape index (κ1) is 9.21. The standard InChI is InChI=1S/C8H15NO/c1-6(2)5-10-8(9)7(3)4/h6,9H,3,5H2,1-2,4H3. The van der Waals surface area contributed by atoms with Crippen LogP contribution in [-0.2, 0) is 4.74 Å². The lowest BCUT2D eigenvalue weighted by atomic mass is 10.2. The smallest absolute Gasteiger partial charge is 0.208 e. The molecule has 0 aliphatic rings. The Morgan fingerprint density at radius 2 is 2.10 bits per heavy atom. The molecule has 0 aromatic carbocycles. The molecular weight excluding hydrogens is 126 g/mol. The van der Waals surface area contributed by atoms with Crippen LogP contribution >= 0.6 is 0 Å². The summed E-state index contributed by atoms with van der Waals surface area (Å²) in [7, 11) is 0. The molecule has 0 radical (unpaired) electrons. The van der Waals surface area contributed by atoms with Gasteiger partial charge in [-0.2, -0.15) is 0 Å². The van der Waals surface area contributed by atoms with Gasteiger partial charge in [0, 0.05) is 5.57 Å². The van der Waals surface area contributed by atoms with E-state index in [0.717, 1.165) is 0 Å². The van der Waals surface area contributed by atoms with E-state index in [1.807, 2.05) is 13.8 Å². The minimum Gasteiger partial charge on any atom is -0.478 e. The molecule has 0 heterocycles. The van der Waals surface area contributed by atoms with Crippen molar-refractivity contribution in [2.45, 2.75) is 20.8 Å². The Morgan fingerprint density at radius 3 is 2.40 bits per heavy atom. The molecular formula is C8H15NO. The summed E-state index contributed by atoms with van der Waals surface area (Å²) in [4.78, 5) is 0. The molecule has 0 saturated heterocycles. The Kier molecular flexibility index (Phi) is 3.77. The van der Waals surface area contributed by atoms with Crippen LogP contribution in [0.3, 0.4) is 0 Å². The highest BCUT2D eigenvalue weighted by Crippen LogP contribution is 1.97. The van der Waals surface area contributed by atoms with Crippen LogP contribution in [0, 0.1) is 11.3 Å². The SMILES string of the molecule is C=C(C)C(=N)OCC(C)C. The molecule has 0 rings (SSSR count). The zero-order valence-electron chi connectivity index (χ0n) is 6.90. The maximum atomic E-state index is 7.21. The molecule has 10 heavy (non-hydrogen) atoms. The summed E-state index contributed by atoms with van der Waals surface area (Å²) < 4.78 is 5.05. The maximum Gasteiger partial charge on any atom is 0.208 e. The van der Waals surface area contributed by atoms with Gasteiger partial charge in [0.05, 0.1) is 6.61 Å². The van der Waals surface area contributed by atoms with E-state index in [2.05, 4.69) is 6.58 Å². The number of ether oxygens (including phenoxy) is 1. The van der Waals surface area contributed by atoms with Crippen molar-refractivity contribution in [1.29, 1.82) is 5.41 Å². The summed E-state index contributed by atoms with van der Waals surface area (Å²) in [5.74, 6) is 0.674. The van der Waals surface area contributed by atoms with Crippen molar-refractivity contribution in [3.8, 4) is 0 Å². The summed E-state index contributed by atoms with van der Waals surface area (Å²) in [6.45, 7) is 10.0. The first-order chi connectivity index (χ1) is 4.54. The summed E-state index contributed by atoms with van der Waals surface area (Å²) >= 11 is 0. The van der Waals surface area contributed by atoms with E-state index in [0.29, 0.717) is 18.1 Å². The second-order valence-corrected chi connectivity index (χ2v) is 2.81. The van der Waals surface area contributed by atoms with Crippen LogP contribution in [0.1, 0.15) is 20.8 Å². The fourth-order valence-corrected chi connectivity index (χ4v) is 0.373. The summed E-state index contributed by atoms with van der Waals surface area (Å²) in [5, 5.41) is 7.21. The van der Waals surface area contributed by atoms with Crippen molar-refractivity contribution in [2.24, 2.45) is 5.92 Å². The van der Waals surface area contributed by atoms with Crippen LogP contribution in [0.25, 0.3) is 0 Å². The van der Waals surface area contributed by atoms with E-state index in [1.165, 1.54) is 0 Å². The quantitative estimate of drug-likeness (QED) is 0.474. The van der Waals surface area contributed by atoms with Crippen LogP contribution < -0.4 is 0 Å². The first-order valence-electron chi connectivity index (χ1n) is 3.41. The molecule has 0 fully saturated rings. The molecule has 0 aromatic heterocycles. The van der Waals surface area contributed by atoms with Gasteiger partial charge in [-0.3, -0.25) is 5.41 Å². The lowest BCUT2D eigenvalue weighted by molar-refractivity contribution is 0.257. The van der Waals surface area contributed by atoms with Gasteiger partial charge >= 0.3 is 0 Å². The second kappa shape index (κ2) is 4.09. The van der Waals surface area contributed by atoms with E-state index in [4.69, 9.17) is 10.1 Å². The predicted octanol–water partition coefficient (Wildman–Crippen LogP) is 2.21. The Morgan fingerprint density at radius 1 is 1.60 bits per heavy atom. The van der Waals surface area contributed by atoms with Crippen molar-refractivity contribution in [3.63, 3.8) is 0 Å². The normalized spacial score (nSPS) is 9.60. The molecule has 0 atom stereocenters. The molecule has 1 N–H and O–H groups in total. The monoisotopic (exact) mass is 141 g/mol. The Bertz CT molecular complexity index is 138. The molecule has 0 bridgehead atoms. The third-order valence-electron chi connectivity index (χ3n) is 0.949. The largest absolute Gasteiger partial charge is 0.478 e. The minimum absolute atomic E-state index is 0.203. The van der Waals surface area contributed by atoms with E-state index in [1.54, 1.807) is 6.92 Å². The number of nitrogens with one attached hydrogen (secondary N) is 1. The van der Waals surface area contributed by atoms with Crippen LogP contribution in [0.4, 0.5) is 0 Å². The number of hydrogen-bond donors (Lipinski definition) is 1. The zero-order chi connectivity index (χ0) is 8.15. The minimum atomic E-state index is 0.203. The molecule has 0 unspecified atom stereocenters. The van der Waals surface area contributed by atoms with Crippen molar-refractivity contribution in [1.82, 2.24) is 0 Å². The molecule has 2 heteroatoms. The van der Waals surface area contributed by atoms with E-state index in [9.17, 15) is 0 Å². The lowest BCUT2D eigenvalue weighted by Gasteiger charge is -2.08. The third kappa shape index (κ3) is 4.13. The molecule has 58 valence electrons. The molecule has 0 saturated carbocycles. The Balaban J connectivity index is 3.50. The zero-order valence-corrected chi connectivity index (χ0v) is 6.90. The van der Waals surface area contributed by atoms with E-state index >= 15 is 0 Å². The molecule has 0 aliphatic carbocycles. The fourth-order valence-electron chi connectivity index (χ4n) is 0.373. The second-order valence-electron chi connectivity index (χ2n) is 2.81. The summed E-state index contributed by atoms with van der Waals surface area (Å²) in [6, 6.07) is 0.